The van der Waals surface area contributed by atoms with Crippen LogP contribution < -0.4 is 4.74 Å². The van der Waals surface area contributed by atoms with Crippen molar-refractivity contribution >= 4 is 11.8 Å². The summed E-state index contributed by atoms with van der Waals surface area (Å²) in [5.41, 5.74) is 2.04. The van der Waals surface area contributed by atoms with Gasteiger partial charge in [0.15, 0.2) is 0 Å². The minimum Gasteiger partial charge on any atom is -0.493 e. The summed E-state index contributed by atoms with van der Waals surface area (Å²) >= 11 is 2.10. The summed E-state index contributed by atoms with van der Waals surface area (Å²) in [5.74, 6) is 4.76. The molecule has 3 aliphatic rings. The zero-order valence-corrected chi connectivity index (χ0v) is 15.6. The number of rotatable bonds is 4. The molecular weight excluding hydrogens is 320 g/mol. The second kappa shape index (κ2) is 7.22. The van der Waals surface area contributed by atoms with Crippen LogP contribution in [0.1, 0.15) is 24.2 Å². The van der Waals surface area contributed by atoms with Crippen LogP contribution in [0.2, 0.25) is 0 Å². The summed E-state index contributed by atoms with van der Waals surface area (Å²) in [7, 11) is 0. The first-order valence-electron chi connectivity index (χ1n) is 9.20. The number of aryl methyl sites for hydroxylation is 2. The summed E-state index contributed by atoms with van der Waals surface area (Å²) < 4.78 is 12.2. The fraction of sp³-hybridized carbons (Fsp3) is 0.737. The summed E-state index contributed by atoms with van der Waals surface area (Å²) in [6.07, 6.45) is 3.12. The van der Waals surface area contributed by atoms with Gasteiger partial charge in [-0.1, -0.05) is 0 Å². The van der Waals surface area contributed by atoms with Crippen LogP contribution in [0, 0.1) is 25.7 Å². The van der Waals surface area contributed by atoms with Gasteiger partial charge in [0.2, 0.25) is 0 Å². The average molecular weight is 349 g/mol. The summed E-state index contributed by atoms with van der Waals surface area (Å²) in [6.45, 7) is 7.98. The number of hydrogen-bond donors (Lipinski definition) is 0. The SMILES string of the molecule is Cc1cc(OC[C@@H]2CO[C@@H]3CN(C4CCSCC4)C[C@H]23)cc(C)n1. The highest BCUT2D eigenvalue weighted by Crippen LogP contribution is 2.37. The fourth-order valence-corrected chi connectivity index (χ4v) is 5.51. The predicted octanol–water partition coefficient (Wildman–Crippen LogP) is 2.92. The van der Waals surface area contributed by atoms with Crippen LogP contribution in [-0.4, -0.2) is 59.8 Å². The van der Waals surface area contributed by atoms with Gasteiger partial charge in [-0.05, 0) is 38.2 Å². The van der Waals surface area contributed by atoms with Gasteiger partial charge in [0, 0.05) is 54.5 Å². The zero-order chi connectivity index (χ0) is 16.5. The Morgan fingerprint density at radius 1 is 1.21 bits per heavy atom. The highest BCUT2D eigenvalue weighted by atomic mass is 32.2. The second-order valence-corrected chi connectivity index (χ2v) is 8.71. The summed E-state index contributed by atoms with van der Waals surface area (Å²) in [4.78, 5) is 7.11. The summed E-state index contributed by atoms with van der Waals surface area (Å²) in [5, 5.41) is 0. The predicted molar refractivity (Wildman–Crippen MR) is 97.8 cm³/mol. The van der Waals surface area contributed by atoms with E-state index < -0.39 is 0 Å². The largest absolute Gasteiger partial charge is 0.493 e. The molecule has 3 saturated heterocycles. The van der Waals surface area contributed by atoms with E-state index in [0.29, 0.717) is 17.9 Å². The van der Waals surface area contributed by atoms with Crippen LogP contribution in [0.15, 0.2) is 12.1 Å². The topological polar surface area (TPSA) is 34.6 Å². The van der Waals surface area contributed by atoms with Crippen LogP contribution in [0.5, 0.6) is 5.75 Å². The monoisotopic (exact) mass is 348 g/mol. The molecule has 0 amide bonds. The molecule has 0 unspecified atom stereocenters. The second-order valence-electron chi connectivity index (χ2n) is 7.49. The number of aromatic nitrogens is 1. The number of fused-ring (bicyclic) bond motifs is 1. The van der Waals surface area contributed by atoms with Gasteiger partial charge in [0.25, 0.3) is 0 Å². The van der Waals surface area contributed by atoms with Gasteiger partial charge in [-0.3, -0.25) is 9.88 Å². The van der Waals surface area contributed by atoms with E-state index in [1.54, 1.807) is 0 Å². The number of pyridine rings is 1. The van der Waals surface area contributed by atoms with E-state index >= 15 is 0 Å². The molecule has 3 atom stereocenters. The lowest BCUT2D eigenvalue weighted by atomic mass is 9.94. The van der Waals surface area contributed by atoms with E-state index in [-0.39, 0.29) is 0 Å². The number of likely N-dealkylation sites (tertiary alicyclic amines) is 1. The number of ether oxygens (including phenoxy) is 2. The Kier molecular flexibility index (Phi) is 5.02. The van der Waals surface area contributed by atoms with Crippen molar-refractivity contribution in [1.29, 1.82) is 0 Å². The first-order chi connectivity index (χ1) is 11.7. The van der Waals surface area contributed by atoms with Crippen LogP contribution >= 0.6 is 11.8 Å². The van der Waals surface area contributed by atoms with Crippen molar-refractivity contribution in [3.05, 3.63) is 23.5 Å². The van der Waals surface area contributed by atoms with Crippen molar-refractivity contribution in [2.24, 2.45) is 11.8 Å². The van der Waals surface area contributed by atoms with Crippen LogP contribution in [0.4, 0.5) is 0 Å². The molecule has 0 spiro atoms. The molecule has 3 fully saturated rings. The third kappa shape index (κ3) is 3.58. The maximum absolute atomic E-state index is 6.11. The molecule has 0 radical (unpaired) electrons. The number of hydrogen-bond acceptors (Lipinski definition) is 5. The molecule has 0 N–H and O–H groups in total. The molecule has 132 valence electrons. The molecule has 0 bridgehead atoms. The third-order valence-electron chi connectivity index (χ3n) is 5.69. The Labute approximate surface area is 149 Å². The zero-order valence-electron chi connectivity index (χ0n) is 14.7. The van der Waals surface area contributed by atoms with Gasteiger partial charge in [-0.25, -0.2) is 0 Å². The van der Waals surface area contributed by atoms with E-state index in [4.69, 9.17) is 9.47 Å². The third-order valence-corrected chi connectivity index (χ3v) is 6.74. The van der Waals surface area contributed by atoms with Gasteiger partial charge >= 0.3 is 0 Å². The van der Waals surface area contributed by atoms with E-state index in [1.165, 1.54) is 30.9 Å². The normalized spacial score (nSPS) is 31.3. The van der Waals surface area contributed by atoms with Crippen molar-refractivity contribution in [3.63, 3.8) is 0 Å². The number of thioether (sulfide) groups is 1. The first-order valence-corrected chi connectivity index (χ1v) is 10.4. The molecule has 0 aromatic carbocycles. The maximum atomic E-state index is 6.11. The van der Waals surface area contributed by atoms with Gasteiger partial charge in [0.05, 0.1) is 19.3 Å². The number of nitrogens with zero attached hydrogens (tertiary/aromatic N) is 2. The first kappa shape index (κ1) is 16.7. The van der Waals surface area contributed by atoms with E-state index in [9.17, 15) is 0 Å². The van der Waals surface area contributed by atoms with Gasteiger partial charge in [-0.2, -0.15) is 11.8 Å². The Hall–Kier alpha value is -0.780. The Balaban J connectivity index is 1.34. The highest BCUT2D eigenvalue weighted by Gasteiger charge is 2.45. The fourth-order valence-electron chi connectivity index (χ4n) is 4.43. The molecular formula is C19H28N2O2S. The minimum atomic E-state index is 0.425. The van der Waals surface area contributed by atoms with E-state index in [2.05, 4.69) is 21.6 Å². The lowest BCUT2D eigenvalue weighted by Crippen LogP contribution is -2.38. The van der Waals surface area contributed by atoms with E-state index in [0.717, 1.165) is 42.9 Å². The Morgan fingerprint density at radius 2 is 1.96 bits per heavy atom. The molecule has 24 heavy (non-hydrogen) atoms. The highest BCUT2D eigenvalue weighted by molar-refractivity contribution is 7.99. The molecule has 5 heteroatoms. The lowest BCUT2D eigenvalue weighted by molar-refractivity contribution is 0.0811. The van der Waals surface area contributed by atoms with Gasteiger partial charge in [-0.15, -0.1) is 0 Å². The van der Waals surface area contributed by atoms with Gasteiger partial charge in [0.1, 0.15) is 5.75 Å². The van der Waals surface area contributed by atoms with Crippen molar-refractivity contribution in [1.82, 2.24) is 9.88 Å². The Morgan fingerprint density at radius 3 is 2.71 bits per heavy atom. The van der Waals surface area contributed by atoms with Crippen molar-refractivity contribution in [3.8, 4) is 5.75 Å². The van der Waals surface area contributed by atoms with E-state index in [1.807, 2.05) is 26.0 Å². The molecule has 1 aromatic rings. The molecule has 4 heterocycles. The average Bonchev–Trinajstić information content (AvgIpc) is 3.14. The smallest absolute Gasteiger partial charge is 0.122 e. The standard InChI is InChI=1S/C19H28N2O2S/c1-13-7-17(8-14(2)20-13)22-11-15-12-23-19-10-21(9-18(15)19)16-3-5-24-6-4-16/h7-8,15-16,18-19H,3-6,9-12H2,1-2H3/t15-,18-,19-/m1/s1. The van der Waals surface area contributed by atoms with Crippen molar-refractivity contribution < 1.29 is 9.47 Å². The molecule has 0 aliphatic carbocycles. The molecule has 3 aliphatic heterocycles. The Bertz CT molecular complexity index is 556. The van der Waals surface area contributed by atoms with Gasteiger partial charge < -0.3 is 9.47 Å². The lowest BCUT2D eigenvalue weighted by Gasteiger charge is -2.31. The van der Waals surface area contributed by atoms with Crippen LogP contribution in [0.25, 0.3) is 0 Å². The minimum absolute atomic E-state index is 0.425. The molecule has 1 aromatic heterocycles. The van der Waals surface area contributed by atoms with Crippen LogP contribution in [-0.2, 0) is 4.74 Å². The van der Waals surface area contributed by atoms with Crippen LogP contribution in [0.3, 0.4) is 0 Å². The molecule has 0 saturated carbocycles. The quantitative estimate of drug-likeness (QED) is 0.836. The van der Waals surface area contributed by atoms with Crippen molar-refractivity contribution in [2.45, 2.75) is 38.8 Å². The van der Waals surface area contributed by atoms with Crippen molar-refractivity contribution in [2.75, 3.05) is 37.8 Å². The summed E-state index contributed by atoms with van der Waals surface area (Å²) in [6, 6.07) is 4.84. The molecule has 4 nitrogen and oxygen atoms in total. The maximum Gasteiger partial charge on any atom is 0.122 e. The molecule has 4 rings (SSSR count).